The number of rotatable bonds is 5. The predicted molar refractivity (Wildman–Crippen MR) is 81.1 cm³/mol. The van der Waals surface area contributed by atoms with Crippen molar-refractivity contribution in [2.24, 2.45) is 0 Å². The lowest BCUT2D eigenvalue weighted by Gasteiger charge is -2.32. The van der Waals surface area contributed by atoms with Gasteiger partial charge in [-0.25, -0.2) is 0 Å². The van der Waals surface area contributed by atoms with Crippen molar-refractivity contribution >= 4 is 11.6 Å². The molecule has 1 saturated heterocycles. The van der Waals surface area contributed by atoms with Crippen LogP contribution in [0.25, 0.3) is 0 Å². The van der Waals surface area contributed by atoms with Crippen LogP contribution in [0.15, 0.2) is 34.9 Å². The van der Waals surface area contributed by atoms with Gasteiger partial charge in [-0.1, -0.05) is 29.3 Å². The Kier molecular flexibility index (Phi) is 7.33. The summed E-state index contributed by atoms with van der Waals surface area (Å²) in [4.78, 5) is 4.91. The minimum atomic E-state index is 0.809. The number of allylic oxidation sites excluding steroid dienone is 5. The first-order valence-corrected chi connectivity index (χ1v) is 7.06. The van der Waals surface area contributed by atoms with Gasteiger partial charge in [-0.05, 0) is 39.5 Å². The number of hydrogen-bond acceptors (Lipinski definition) is 2. The van der Waals surface area contributed by atoms with Gasteiger partial charge in [0.1, 0.15) is 0 Å². The SMILES string of the molecule is CC=CC=C(Cl)C=C(C)CCN1CCN(C)CC1. The van der Waals surface area contributed by atoms with Gasteiger partial charge in [-0.15, -0.1) is 0 Å². The van der Waals surface area contributed by atoms with Crippen LogP contribution in [0.4, 0.5) is 0 Å². The number of hydrogen-bond donors (Lipinski definition) is 0. The molecule has 0 radical (unpaired) electrons. The molecule has 3 heteroatoms. The van der Waals surface area contributed by atoms with E-state index in [9.17, 15) is 0 Å². The normalized spacial score (nSPS) is 20.9. The molecular formula is C15H25ClN2. The molecule has 0 atom stereocenters. The second-order valence-electron chi connectivity index (χ2n) is 4.96. The summed E-state index contributed by atoms with van der Waals surface area (Å²) in [5.74, 6) is 0. The highest BCUT2D eigenvalue weighted by Gasteiger charge is 2.12. The molecule has 1 aliphatic rings. The van der Waals surface area contributed by atoms with Crippen LogP contribution in [-0.2, 0) is 0 Å². The fourth-order valence-corrected chi connectivity index (χ4v) is 2.21. The van der Waals surface area contributed by atoms with Gasteiger partial charge in [0.25, 0.3) is 0 Å². The van der Waals surface area contributed by atoms with Gasteiger partial charge in [0, 0.05) is 37.8 Å². The van der Waals surface area contributed by atoms with Crippen molar-refractivity contribution in [2.75, 3.05) is 39.8 Å². The van der Waals surface area contributed by atoms with Gasteiger partial charge in [0.05, 0.1) is 0 Å². The van der Waals surface area contributed by atoms with Crippen molar-refractivity contribution in [2.45, 2.75) is 20.3 Å². The van der Waals surface area contributed by atoms with Crippen LogP contribution in [0.1, 0.15) is 20.3 Å². The number of piperazine rings is 1. The van der Waals surface area contributed by atoms with Crippen LogP contribution in [0, 0.1) is 0 Å². The lowest BCUT2D eigenvalue weighted by molar-refractivity contribution is 0.155. The molecule has 0 aromatic carbocycles. The molecule has 1 rings (SSSR count). The Morgan fingerprint density at radius 3 is 2.50 bits per heavy atom. The van der Waals surface area contributed by atoms with Gasteiger partial charge >= 0.3 is 0 Å². The maximum Gasteiger partial charge on any atom is 0.0405 e. The smallest absolute Gasteiger partial charge is 0.0405 e. The Morgan fingerprint density at radius 2 is 1.89 bits per heavy atom. The molecule has 1 aliphatic heterocycles. The van der Waals surface area contributed by atoms with Crippen LogP contribution < -0.4 is 0 Å². The summed E-state index contributed by atoms with van der Waals surface area (Å²) in [6, 6.07) is 0. The predicted octanol–water partition coefficient (Wildman–Crippen LogP) is 3.27. The lowest BCUT2D eigenvalue weighted by Crippen LogP contribution is -2.44. The Bertz CT molecular complexity index is 323. The van der Waals surface area contributed by atoms with Gasteiger partial charge < -0.3 is 9.80 Å². The summed E-state index contributed by atoms with van der Waals surface area (Å²) in [6.45, 7) is 10.0. The summed E-state index contributed by atoms with van der Waals surface area (Å²) >= 11 is 6.11. The van der Waals surface area contributed by atoms with Crippen LogP contribution in [0.3, 0.4) is 0 Å². The summed E-state index contributed by atoms with van der Waals surface area (Å²) in [5, 5.41) is 0.809. The maximum atomic E-state index is 6.11. The van der Waals surface area contributed by atoms with Crippen molar-refractivity contribution in [3.8, 4) is 0 Å². The third-order valence-corrected chi connectivity index (χ3v) is 3.49. The minimum Gasteiger partial charge on any atom is -0.304 e. The van der Waals surface area contributed by atoms with E-state index in [1.807, 2.05) is 25.2 Å². The monoisotopic (exact) mass is 268 g/mol. The summed E-state index contributed by atoms with van der Waals surface area (Å²) < 4.78 is 0. The van der Waals surface area contributed by atoms with Gasteiger partial charge in [0.15, 0.2) is 0 Å². The van der Waals surface area contributed by atoms with Gasteiger partial charge in [0.2, 0.25) is 0 Å². The molecule has 0 spiro atoms. The van der Waals surface area contributed by atoms with E-state index < -0.39 is 0 Å². The molecule has 0 N–H and O–H groups in total. The average molecular weight is 269 g/mol. The first kappa shape index (κ1) is 15.5. The third-order valence-electron chi connectivity index (χ3n) is 3.25. The van der Waals surface area contributed by atoms with E-state index in [4.69, 9.17) is 11.6 Å². The van der Waals surface area contributed by atoms with Crippen LogP contribution in [-0.4, -0.2) is 49.6 Å². The van der Waals surface area contributed by atoms with Crippen molar-refractivity contribution in [3.05, 3.63) is 34.9 Å². The highest BCUT2D eigenvalue weighted by atomic mass is 35.5. The fraction of sp³-hybridized carbons (Fsp3) is 0.600. The van der Waals surface area contributed by atoms with Gasteiger partial charge in [-0.2, -0.15) is 0 Å². The topological polar surface area (TPSA) is 6.48 Å². The first-order valence-electron chi connectivity index (χ1n) is 6.68. The maximum absolute atomic E-state index is 6.11. The number of halogens is 1. The van der Waals surface area contributed by atoms with E-state index >= 15 is 0 Å². The lowest BCUT2D eigenvalue weighted by atomic mass is 10.2. The summed E-state index contributed by atoms with van der Waals surface area (Å²) in [7, 11) is 2.19. The third kappa shape index (κ3) is 6.39. The van der Waals surface area contributed by atoms with E-state index in [1.54, 1.807) is 0 Å². The van der Waals surface area contributed by atoms with E-state index in [0.717, 1.165) is 18.0 Å². The molecule has 102 valence electrons. The molecule has 0 aliphatic carbocycles. The first-order chi connectivity index (χ1) is 8.61. The average Bonchev–Trinajstić information content (AvgIpc) is 2.35. The Balaban J connectivity index is 2.32. The Hall–Kier alpha value is -0.570. The zero-order chi connectivity index (χ0) is 13.4. The van der Waals surface area contributed by atoms with E-state index in [0.29, 0.717) is 0 Å². The molecule has 18 heavy (non-hydrogen) atoms. The molecule has 2 nitrogen and oxygen atoms in total. The molecule has 1 fully saturated rings. The zero-order valence-corrected chi connectivity index (χ0v) is 12.6. The number of likely N-dealkylation sites (N-methyl/N-ethyl adjacent to an activating group) is 1. The molecule has 0 unspecified atom stereocenters. The van der Waals surface area contributed by atoms with Gasteiger partial charge in [-0.3, -0.25) is 0 Å². The standard InChI is InChI=1S/C15H25ClN2/c1-4-5-6-15(16)13-14(2)7-8-18-11-9-17(3)10-12-18/h4-6,13H,7-12H2,1-3H3. The van der Waals surface area contributed by atoms with E-state index in [-0.39, 0.29) is 0 Å². The summed E-state index contributed by atoms with van der Waals surface area (Å²) in [5.41, 5.74) is 1.35. The highest BCUT2D eigenvalue weighted by molar-refractivity contribution is 6.31. The van der Waals surface area contributed by atoms with E-state index in [1.165, 1.54) is 31.8 Å². The van der Waals surface area contributed by atoms with Crippen molar-refractivity contribution in [3.63, 3.8) is 0 Å². The minimum absolute atomic E-state index is 0.809. The molecule has 0 bridgehead atoms. The largest absolute Gasteiger partial charge is 0.304 e. The van der Waals surface area contributed by atoms with Crippen molar-refractivity contribution < 1.29 is 0 Å². The number of nitrogens with zero attached hydrogens (tertiary/aromatic N) is 2. The zero-order valence-electron chi connectivity index (χ0n) is 11.8. The van der Waals surface area contributed by atoms with Crippen LogP contribution in [0.2, 0.25) is 0 Å². The molecule has 0 aromatic rings. The molecule has 0 aromatic heterocycles. The van der Waals surface area contributed by atoms with Crippen molar-refractivity contribution in [1.82, 2.24) is 9.80 Å². The molecule has 1 heterocycles. The highest BCUT2D eigenvalue weighted by Crippen LogP contribution is 2.11. The van der Waals surface area contributed by atoms with Crippen LogP contribution >= 0.6 is 11.6 Å². The fourth-order valence-electron chi connectivity index (χ4n) is 1.95. The summed E-state index contributed by atoms with van der Waals surface area (Å²) in [6.07, 6.45) is 9.05. The molecule has 0 saturated carbocycles. The Labute approximate surface area is 117 Å². The van der Waals surface area contributed by atoms with E-state index in [2.05, 4.69) is 29.8 Å². The second kappa shape index (κ2) is 8.52. The van der Waals surface area contributed by atoms with Crippen molar-refractivity contribution in [1.29, 1.82) is 0 Å². The Morgan fingerprint density at radius 1 is 1.22 bits per heavy atom. The van der Waals surface area contributed by atoms with Crippen LogP contribution in [0.5, 0.6) is 0 Å². The molecular weight excluding hydrogens is 244 g/mol. The quantitative estimate of drug-likeness (QED) is 0.706. The second-order valence-corrected chi connectivity index (χ2v) is 5.40. The molecule has 0 amide bonds.